The van der Waals surface area contributed by atoms with Crippen molar-refractivity contribution < 1.29 is 0 Å². The molecule has 0 amide bonds. The van der Waals surface area contributed by atoms with Crippen LogP contribution >= 0.6 is 47.6 Å². The van der Waals surface area contributed by atoms with Gasteiger partial charge in [0.2, 0.25) is 0 Å². The van der Waals surface area contributed by atoms with Gasteiger partial charge in [0.15, 0.2) is 10.2 Å². The van der Waals surface area contributed by atoms with E-state index in [9.17, 15) is 0 Å². The van der Waals surface area contributed by atoms with Crippen molar-refractivity contribution >= 4 is 80.6 Å². The minimum Gasteiger partial charge on any atom is -0.332 e. The number of hydrogen-bond acceptors (Lipinski definition) is 2. The van der Waals surface area contributed by atoms with E-state index in [1.54, 1.807) is 0 Å². The minimum absolute atomic E-state index is 0.577. The van der Waals surface area contributed by atoms with Crippen molar-refractivity contribution in [3.05, 3.63) is 119 Å². The number of nitrogens with one attached hydrogen (secondary N) is 2. The Bertz CT molecular complexity index is 1180. The molecule has 4 aromatic rings. The Morgan fingerprint density at radius 1 is 0.528 bits per heavy atom. The maximum absolute atomic E-state index is 6.04. The number of benzene rings is 4. The average molecular weight is 552 g/mol. The Morgan fingerprint density at radius 3 is 1.19 bits per heavy atom. The SMILES string of the molecule is S=C(Nc1ccc(Cl)cc1)N(CCN(C(=S)Nc1ccc(Cl)cc1)c1ccccc1)c1ccccc1. The predicted octanol–water partition coefficient (Wildman–Crippen LogP) is 8.10. The summed E-state index contributed by atoms with van der Waals surface area (Å²) in [5.74, 6) is 0. The molecule has 36 heavy (non-hydrogen) atoms. The third-order valence-corrected chi connectivity index (χ3v) is 6.51. The average Bonchev–Trinajstić information content (AvgIpc) is 2.90. The van der Waals surface area contributed by atoms with Crippen LogP contribution in [0.4, 0.5) is 22.7 Å². The molecule has 4 aromatic carbocycles. The maximum Gasteiger partial charge on any atom is 0.178 e. The molecule has 0 spiro atoms. The van der Waals surface area contributed by atoms with Gasteiger partial charge in [-0.3, -0.25) is 0 Å². The molecule has 0 aliphatic rings. The van der Waals surface area contributed by atoms with E-state index in [2.05, 4.69) is 20.4 Å². The van der Waals surface area contributed by atoms with Crippen molar-refractivity contribution in [1.82, 2.24) is 0 Å². The standard InChI is InChI=1S/C28H24Cl2N4S2/c29-21-11-15-23(16-12-21)31-27(35)33(25-7-3-1-4-8-25)19-20-34(26-9-5-2-6-10-26)28(36)32-24-17-13-22(30)14-18-24/h1-18H,19-20H2,(H,31,35)(H,32,36). The molecule has 0 fully saturated rings. The molecule has 0 aromatic heterocycles. The predicted molar refractivity (Wildman–Crippen MR) is 163 cm³/mol. The number of rotatable bonds is 7. The zero-order valence-corrected chi connectivity index (χ0v) is 22.4. The fourth-order valence-electron chi connectivity index (χ4n) is 3.56. The monoisotopic (exact) mass is 550 g/mol. The van der Waals surface area contributed by atoms with E-state index in [1.165, 1.54) is 0 Å². The second-order valence-corrected chi connectivity index (χ2v) is 9.49. The molecule has 0 heterocycles. The zero-order chi connectivity index (χ0) is 25.3. The molecule has 0 bridgehead atoms. The van der Waals surface area contributed by atoms with Crippen molar-refractivity contribution in [1.29, 1.82) is 0 Å². The number of halogens is 2. The second kappa shape index (κ2) is 12.7. The van der Waals surface area contributed by atoms with Crippen molar-refractivity contribution in [2.45, 2.75) is 0 Å². The summed E-state index contributed by atoms with van der Waals surface area (Å²) in [7, 11) is 0. The second-order valence-electron chi connectivity index (χ2n) is 7.85. The molecule has 0 aliphatic heterocycles. The number of anilines is 4. The normalized spacial score (nSPS) is 10.4. The quantitative estimate of drug-likeness (QED) is 0.226. The van der Waals surface area contributed by atoms with Crippen LogP contribution < -0.4 is 20.4 Å². The first-order valence-corrected chi connectivity index (χ1v) is 12.8. The van der Waals surface area contributed by atoms with Crippen LogP contribution in [0.3, 0.4) is 0 Å². The number of thiocarbonyl (C=S) groups is 2. The summed E-state index contributed by atoms with van der Waals surface area (Å²) >= 11 is 23.7. The van der Waals surface area contributed by atoms with E-state index in [0.29, 0.717) is 33.4 Å². The van der Waals surface area contributed by atoms with Crippen LogP contribution in [0.15, 0.2) is 109 Å². The summed E-state index contributed by atoms with van der Waals surface area (Å²) in [5.41, 5.74) is 3.69. The van der Waals surface area contributed by atoms with Gasteiger partial charge >= 0.3 is 0 Å². The molecule has 0 atom stereocenters. The Balaban J connectivity index is 1.55. The van der Waals surface area contributed by atoms with Crippen LogP contribution in [0.5, 0.6) is 0 Å². The van der Waals surface area contributed by atoms with E-state index >= 15 is 0 Å². The highest BCUT2D eigenvalue weighted by Gasteiger charge is 2.18. The molecule has 0 aliphatic carbocycles. The van der Waals surface area contributed by atoms with Gasteiger partial charge in [-0.15, -0.1) is 0 Å². The first-order chi connectivity index (χ1) is 17.5. The van der Waals surface area contributed by atoms with Crippen LogP contribution in [-0.2, 0) is 0 Å². The van der Waals surface area contributed by atoms with Gasteiger partial charge in [0.05, 0.1) is 0 Å². The number of nitrogens with zero attached hydrogens (tertiary/aromatic N) is 2. The Kier molecular flexibility index (Phi) is 9.14. The van der Waals surface area contributed by atoms with Crippen molar-refractivity contribution in [3.63, 3.8) is 0 Å². The highest BCUT2D eigenvalue weighted by molar-refractivity contribution is 7.81. The molecule has 182 valence electrons. The van der Waals surface area contributed by atoms with Gasteiger partial charge in [-0.05, 0) is 97.2 Å². The van der Waals surface area contributed by atoms with Crippen LogP contribution in [0.1, 0.15) is 0 Å². The van der Waals surface area contributed by atoms with E-state index in [4.69, 9.17) is 47.6 Å². The lowest BCUT2D eigenvalue weighted by Gasteiger charge is -2.31. The third-order valence-electron chi connectivity index (χ3n) is 5.36. The first kappa shape index (κ1) is 25.9. The van der Waals surface area contributed by atoms with Crippen LogP contribution in [-0.4, -0.2) is 23.3 Å². The summed E-state index contributed by atoms with van der Waals surface area (Å²) in [4.78, 5) is 4.12. The molecule has 0 unspecified atom stereocenters. The molecule has 0 radical (unpaired) electrons. The van der Waals surface area contributed by atoms with Gasteiger partial charge < -0.3 is 20.4 Å². The van der Waals surface area contributed by atoms with Crippen LogP contribution in [0.2, 0.25) is 10.0 Å². The topological polar surface area (TPSA) is 30.5 Å². The molecule has 0 saturated carbocycles. The lowest BCUT2D eigenvalue weighted by Crippen LogP contribution is -2.44. The van der Waals surface area contributed by atoms with E-state index in [0.717, 1.165) is 22.7 Å². The minimum atomic E-state index is 0.577. The van der Waals surface area contributed by atoms with E-state index in [1.807, 2.05) is 109 Å². The molecule has 4 nitrogen and oxygen atoms in total. The fraction of sp³-hybridized carbons (Fsp3) is 0.0714. The van der Waals surface area contributed by atoms with Gasteiger partial charge in [0.25, 0.3) is 0 Å². The van der Waals surface area contributed by atoms with Gasteiger partial charge in [-0.25, -0.2) is 0 Å². The molecular weight excluding hydrogens is 527 g/mol. The summed E-state index contributed by atoms with van der Waals surface area (Å²) < 4.78 is 0. The van der Waals surface area contributed by atoms with Gasteiger partial charge in [-0.2, -0.15) is 0 Å². The Hall–Kier alpha value is -3.16. The van der Waals surface area contributed by atoms with Gasteiger partial charge in [0, 0.05) is 45.9 Å². The lowest BCUT2D eigenvalue weighted by molar-refractivity contribution is 0.923. The highest BCUT2D eigenvalue weighted by atomic mass is 35.5. The first-order valence-electron chi connectivity index (χ1n) is 11.3. The molecule has 2 N–H and O–H groups in total. The van der Waals surface area contributed by atoms with Crippen molar-refractivity contribution in [2.24, 2.45) is 0 Å². The van der Waals surface area contributed by atoms with Crippen molar-refractivity contribution in [3.8, 4) is 0 Å². The lowest BCUT2D eigenvalue weighted by atomic mass is 10.2. The number of hydrogen-bond donors (Lipinski definition) is 2. The molecule has 8 heteroatoms. The third kappa shape index (κ3) is 7.18. The zero-order valence-electron chi connectivity index (χ0n) is 19.3. The molecule has 4 rings (SSSR count). The summed E-state index contributed by atoms with van der Waals surface area (Å²) in [6, 6.07) is 35.0. The Labute approximate surface area is 232 Å². The highest BCUT2D eigenvalue weighted by Crippen LogP contribution is 2.21. The maximum atomic E-state index is 6.04. The molecular formula is C28H24Cl2N4S2. The summed E-state index contributed by atoms with van der Waals surface area (Å²) in [6.45, 7) is 1.17. The van der Waals surface area contributed by atoms with E-state index in [-0.39, 0.29) is 0 Å². The Morgan fingerprint density at radius 2 is 0.861 bits per heavy atom. The summed E-state index contributed by atoms with van der Waals surface area (Å²) in [5, 5.41) is 9.15. The summed E-state index contributed by atoms with van der Waals surface area (Å²) in [6.07, 6.45) is 0. The smallest absolute Gasteiger partial charge is 0.178 e. The van der Waals surface area contributed by atoms with Gasteiger partial charge in [-0.1, -0.05) is 59.6 Å². The fourth-order valence-corrected chi connectivity index (χ4v) is 4.44. The van der Waals surface area contributed by atoms with Crippen molar-refractivity contribution in [2.75, 3.05) is 33.5 Å². The van der Waals surface area contributed by atoms with Gasteiger partial charge in [0.1, 0.15) is 0 Å². The van der Waals surface area contributed by atoms with E-state index < -0.39 is 0 Å². The molecule has 0 saturated heterocycles. The largest absolute Gasteiger partial charge is 0.332 e. The van der Waals surface area contributed by atoms with Crippen LogP contribution in [0.25, 0.3) is 0 Å². The van der Waals surface area contributed by atoms with Crippen LogP contribution in [0, 0.1) is 0 Å². The number of para-hydroxylation sites is 2.